The largest absolute Gasteiger partial charge is 0.339 e. The second-order valence-corrected chi connectivity index (χ2v) is 6.01. The Morgan fingerprint density at radius 3 is 2.96 bits per heavy atom. The molecule has 1 aromatic carbocycles. The summed E-state index contributed by atoms with van der Waals surface area (Å²) in [6, 6.07) is 6.18. The van der Waals surface area contributed by atoms with Crippen LogP contribution in [0.5, 0.6) is 0 Å². The average molecular weight is 332 g/mol. The molecule has 1 amide bonds. The van der Waals surface area contributed by atoms with Crippen LogP contribution in [0.25, 0.3) is 11.4 Å². The molecule has 0 spiro atoms. The highest BCUT2D eigenvalue weighted by atomic mass is 19.1. The van der Waals surface area contributed by atoms with Crippen molar-refractivity contribution < 1.29 is 13.7 Å². The third-order valence-electron chi connectivity index (χ3n) is 4.17. The minimum atomic E-state index is -0.303. The third-order valence-corrected chi connectivity index (χ3v) is 4.17. The van der Waals surface area contributed by atoms with Crippen LogP contribution in [0.15, 0.2) is 28.8 Å². The number of hydrogen-bond donors (Lipinski definition) is 1. The summed E-state index contributed by atoms with van der Waals surface area (Å²) in [6.45, 7) is 4.50. The Labute approximate surface area is 140 Å². The Morgan fingerprint density at radius 2 is 2.21 bits per heavy atom. The molecule has 0 aliphatic carbocycles. The molecule has 3 rings (SSSR count). The van der Waals surface area contributed by atoms with Crippen LogP contribution in [0.3, 0.4) is 0 Å². The van der Waals surface area contributed by atoms with Gasteiger partial charge in [-0.25, -0.2) is 4.39 Å². The van der Waals surface area contributed by atoms with E-state index >= 15 is 0 Å². The number of piperazine rings is 1. The first-order valence-corrected chi connectivity index (χ1v) is 8.22. The maximum atomic E-state index is 12.9. The molecule has 128 valence electrons. The van der Waals surface area contributed by atoms with E-state index in [0.29, 0.717) is 36.5 Å². The molecule has 0 bridgehead atoms. The van der Waals surface area contributed by atoms with Crippen LogP contribution < -0.4 is 5.32 Å². The van der Waals surface area contributed by atoms with Crippen molar-refractivity contribution >= 4 is 5.91 Å². The fourth-order valence-electron chi connectivity index (χ4n) is 2.82. The zero-order valence-corrected chi connectivity index (χ0v) is 13.7. The number of benzene rings is 1. The summed E-state index contributed by atoms with van der Waals surface area (Å²) >= 11 is 0. The summed E-state index contributed by atoms with van der Waals surface area (Å²) in [5.74, 6) is 0.799. The lowest BCUT2D eigenvalue weighted by Gasteiger charge is -2.34. The Hall–Kier alpha value is -2.28. The molecule has 0 radical (unpaired) electrons. The molecule has 0 saturated carbocycles. The van der Waals surface area contributed by atoms with Crippen molar-refractivity contribution in [3.8, 4) is 11.4 Å². The minimum Gasteiger partial charge on any atom is -0.339 e. The van der Waals surface area contributed by atoms with E-state index in [-0.39, 0.29) is 17.8 Å². The molecule has 1 fully saturated rings. The first-order valence-electron chi connectivity index (χ1n) is 8.22. The Balaban J connectivity index is 1.50. The van der Waals surface area contributed by atoms with Gasteiger partial charge in [-0.05, 0) is 37.6 Å². The fraction of sp³-hybridized carbons (Fsp3) is 0.471. The lowest BCUT2D eigenvalue weighted by molar-refractivity contribution is -0.134. The fourth-order valence-corrected chi connectivity index (χ4v) is 2.82. The lowest BCUT2D eigenvalue weighted by atomic mass is 10.1. The summed E-state index contributed by atoms with van der Waals surface area (Å²) < 4.78 is 18.1. The van der Waals surface area contributed by atoms with Gasteiger partial charge in [-0.3, -0.25) is 4.79 Å². The SMILES string of the molecule is C[C@H]1CNCCN1C(=O)CCCc1nc(-c2ccc(F)cc2)no1. The van der Waals surface area contributed by atoms with Gasteiger partial charge in [0.1, 0.15) is 5.82 Å². The van der Waals surface area contributed by atoms with Gasteiger partial charge < -0.3 is 14.7 Å². The van der Waals surface area contributed by atoms with Crippen molar-refractivity contribution in [3.63, 3.8) is 0 Å². The number of aryl methyl sites for hydroxylation is 1. The molecule has 1 N–H and O–H groups in total. The van der Waals surface area contributed by atoms with E-state index in [0.717, 1.165) is 19.6 Å². The van der Waals surface area contributed by atoms with Gasteiger partial charge in [0.15, 0.2) is 0 Å². The smallest absolute Gasteiger partial charge is 0.226 e. The van der Waals surface area contributed by atoms with E-state index in [1.807, 2.05) is 4.90 Å². The van der Waals surface area contributed by atoms with E-state index in [2.05, 4.69) is 22.4 Å². The maximum Gasteiger partial charge on any atom is 0.226 e. The van der Waals surface area contributed by atoms with Crippen molar-refractivity contribution in [2.45, 2.75) is 32.2 Å². The quantitative estimate of drug-likeness (QED) is 0.907. The molecule has 1 aliphatic rings. The number of carbonyl (C=O) groups is 1. The number of rotatable bonds is 5. The second-order valence-electron chi connectivity index (χ2n) is 6.01. The van der Waals surface area contributed by atoms with Crippen LogP contribution >= 0.6 is 0 Å². The van der Waals surface area contributed by atoms with Crippen LogP contribution in [-0.4, -0.2) is 46.6 Å². The average Bonchev–Trinajstić information content (AvgIpc) is 3.04. The van der Waals surface area contributed by atoms with Gasteiger partial charge >= 0.3 is 0 Å². The molecular formula is C17H21FN4O2. The molecule has 24 heavy (non-hydrogen) atoms. The highest BCUT2D eigenvalue weighted by molar-refractivity contribution is 5.76. The van der Waals surface area contributed by atoms with Crippen LogP contribution in [0.2, 0.25) is 0 Å². The molecule has 1 aliphatic heterocycles. The summed E-state index contributed by atoms with van der Waals surface area (Å²) in [5.41, 5.74) is 0.706. The van der Waals surface area contributed by atoms with Gasteiger partial charge in [0.2, 0.25) is 17.6 Å². The van der Waals surface area contributed by atoms with Gasteiger partial charge in [0.05, 0.1) is 0 Å². The molecule has 7 heteroatoms. The molecule has 1 aromatic heterocycles. The molecular weight excluding hydrogens is 311 g/mol. The predicted octanol–water partition coefficient (Wildman–Crippen LogP) is 2.02. The lowest BCUT2D eigenvalue weighted by Crippen LogP contribution is -2.52. The standard InChI is InChI=1S/C17H21FN4O2/c1-12-11-19-9-10-22(12)16(23)4-2-3-15-20-17(21-24-15)13-5-7-14(18)8-6-13/h5-8,12,19H,2-4,9-11H2,1H3/t12-/m0/s1. The number of halogens is 1. The highest BCUT2D eigenvalue weighted by Crippen LogP contribution is 2.17. The molecule has 2 aromatic rings. The molecule has 2 heterocycles. The number of carbonyl (C=O) groups excluding carboxylic acids is 1. The second kappa shape index (κ2) is 7.53. The number of nitrogens with zero attached hydrogens (tertiary/aromatic N) is 3. The van der Waals surface area contributed by atoms with Crippen LogP contribution in [-0.2, 0) is 11.2 Å². The van der Waals surface area contributed by atoms with Crippen molar-refractivity contribution in [2.24, 2.45) is 0 Å². The number of hydrogen-bond acceptors (Lipinski definition) is 5. The van der Waals surface area contributed by atoms with E-state index in [1.165, 1.54) is 12.1 Å². The van der Waals surface area contributed by atoms with Crippen molar-refractivity contribution in [3.05, 3.63) is 36.0 Å². The zero-order chi connectivity index (χ0) is 16.9. The summed E-state index contributed by atoms with van der Waals surface area (Å²) in [6.07, 6.45) is 1.69. The Morgan fingerprint density at radius 1 is 1.42 bits per heavy atom. The van der Waals surface area contributed by atoms with Gasteiger partial charge in [-0.15, -0.1) is 0 Å². The first kappa shape index (κ1) is 16.6. The first-order chi connectivity index (χ1) is 11.6. The van der Waals surface area contributed by atoms with E-state index in [9.17, 15) is 9.18 Å². The molecule has 0 unspecified atom stereocenters. The van der Waals surface area contributed by atoms with Crippen molar-refractivity contribution in [2.75, 3.05) is 19.6 Å². The minimum absolute atomic E-state index is 0.169. The van der Waals surface area contributed by atoms with Crippen LogP contribution in [0.1, 0.15) is 25.7 Å². The van der Waals surface area contributed by atoms with Gasteiger partial charge in [0.25, 0.3) is 0 Å². The molecule has 6 nitrogen and oxygen atoms in total. The van der Waals surface area contributed by atoms with Crippen molar-refractivity contribution in [1.82, 2.24) is 20.4 Å². The summed E-state index contributed by atoms with van der Waals surface area (Å²) in [4.78, 5) is 18.5. The number of amides is 1. The van der Waals surface area contributed by atoms with Gasteiger partial charge in [0, 0.05) is 44.1 Å². The summed E-state index contributed by atoms with van der Waals surface area (Å²) in [5, 5.41) is 7.18. The maximum absolute atomic E-state index is 12.9. The topological polar surface area (TPSA) is 71.3 Å². The third kappa shape index (κ3) is 3.97. The van der Waals surface area contributed by atoms with E-state index in [1.54, 1.807) is 12.1 Å². The van der Waals surface area contributed by atoms with Gasteiger partial charge in [-0.2, -0.15) is 4.98 Å². The normalized spacial score (nSPS) is 17.9. The summed E-state index contributed by atoms with van der Waals surface area (Å²) in [7, 11) is 0. The highest BCUT2D eigenvalue weighted by Gasteiger charge is 2.22. The number of aromatic nitrogens is 2. The predicted molar refractivity (Wildman–Crippen MR) is 86.7 cm³/mol. The molecule has 1 saturated heterocycles. The number of nitrogens with one attached hydrogen (secondary N) is 1. The Kier molecular flexibility index (Phi) is 5.20. The van der Waals surface area contributed by atoms with Crippen LogP contribution in [0, 0.1) is 5.82 Å². The van der Waals surface area contributed by atoms with Gasteiger partial charge in [-0.1, -0.05) is 5.16 Å². The van der Waals surface area contributed by atoms with Crippen LogP contribution in [0.4, 0.5) is 4.39 Å². The monoisotopic (exact) mass is 332 g/mol. The van der Waals surface area contributed by atoms with Crippen molar-refractivity contribution in [1.29, 1.82) is 0 Å². The van der Waals surface area contributed by atoms with E-state index < -0.39 is 0 Å². The zero-order valence-electron chi connectivity index (χ0n) is 13.7. The molecule has 1 atom stereocenters. The van der Waals surface area contributed by atoms with E-state index in [4.69, 9.17) is 4.52 Å². The Bertz CT molecular complexity index is 686.